The summed E-state index contributed by atoms with van der Waals surface area (Å²) in [5.41, 5.74) is 0.562. The highest BCUT2D eigenvalue weighted by molar-refractivity contribution is 5.87. The lowest BCUT2D eigenvalue weighted by molar-refractivity contribution is -0.0219. The molecule has 2 heterocycles. The zero-order valence-corrected chi connectivity index (χ0v) is 11.3. The van der Waals surface area contributed by atoms with Crippen LogP contribution < -0.4 is 0 Å². The van der Waals surface area contributed by atoms with E-state index >= 15 is 0 Å². The summed E-state index contributed by atoms with van der Waals surface area (Å²) in [6, 6.07) is 3.66. The van der Waals surface area contributed by atoms with Crippen molar-refractivity contribution in [1.29, 1.82) is 0 Å². The van der Waals surface area contributed by atoms with Crippen molar-refractivity contribution in [2.75, 3.05) is 6.61 Å². The van der Waals surface area contributed by atoms with Crippen LogP contribution in [-0.4, -0.2) is 28.8 Å². The fourth-order valence-corrected chi connectivity index (χ4v) is 2.39. The smallest absolute Gasteiger partial charge is 0.354 e. The minimum Gasteiger partial charge on any atom is -0.461 e. The topological polar surface area (TPSA) is 40.5 Å². The first-order valence-corrected chi connectivity index (χ1v) is 6.52. The Kier molecular flexibility index (Phi) is 3.76. The van der Waals surface area contributed by atoms with Crippen LogP contribution in [0.4, 0.5) is 0 Å². The average Bonchev–Trinajstić information content (AvgIpc) is 2.86. The first kappa shape index (κ1) is 13.1. The van der Waals surface area contributed by atoms with Gasteiger partial charge < -0.3 is 14.0 Å². The van der Waals surface area contributed by atoms with Crippen LogP contribution in [0.25, 0.3) is 0 Å². The molecular formula is C14H21NO3. The van der Waals surface area contributed by atoms with Gasteiger partial charge in [0.2, 0.25) is 0 Å². The van der Waals surface area contributed by atoms with Crippen molar-refractivity contribution in [1.82, 2.24) is 4.57 Å². The molecule has 0 amide bonds. The van der Waals surface area contributed by atoms with E-state index in [9.17, 15) is 4.79 Å². The Balaban J connectivity index is 2.02. The van der Waals surface area contributed by atoms with E-state index in [0.29, 0.717) is 18.8 Å². The van der Waals surface area contributed by atoms with Crippen LogP contribution in [0.5, 0.6) is 0 Å². The predicted molar refractivity (Wildman–Crippen MR) is 68.6 cm³/mol. The van der Waals surface area contributed by atoms with Crippen LogP contribution in [0.2, 0.25) is 0 Å². The highest BCUT2D eigenvalue weighted by Gasteiger charge is 2.32. The molecule has 0 N–H and O–H groups in total. The first-order valence-electron chi connectivity index (χ1n) is 6.52. The molecule has 18 heavy (non-hydrogen) atoms. The van der Waals surface area contributed by atoms with Gasteiger partial charge in [-0.2, -0.15) is 0 Å². The largest absolute Gasteiger partial charge is 0.461 e. The Morgan fingerprint density at radius 1 is 1.61 bits per heavy atom. The Labute approximate surface area is 108 Å². The quantitative estimate of drug-likeness (QED) is 0.772. The van der Waals surface area contributed by atoms with E-state index in [0.717, 1.165) is 12.8 Å². The summed E-state index contributed by atoms with van der Waals surface area (Å²) in [5.74, 6) is -0.264. The first-order chi connectivity index (χ1) is 8.52. The zero-order chi connectivity index (χ0) is 13.2. The Morgan fingerprint density at radius 3 is 3.00 bits per heavy atom. The van der Waals surface area contributed by atoms with E-state index in [1.54, 1.807) is 6.07 Å². The molecule has 1 unspecified atom stereocenters. The van der Waals surface area contributed by atoms with E-state index < -0.39 is 0 Å². The van der Waals surface area contributed by atoms with Crippen LogP contribution in [0.1, 0.15) is 44.1 Å². The molecule has 1 atom stereocenters. The van der Waals surface area contributed by atoms with Gasteiger partial charge in [-0.05, 0) is 45.7 Å². The SMILES string of the molecule is CCOC(=O)c1cccn1CC1CCC(C)(C)O1. The molecule has 0 bridgehead atoms. The van der Waals surface area contributed by atoms with Gasteiger partial charge >= 0.3 is 5.97 Å². The van der Waals surface area contributed by atoms with E-state index in [4.69, 9.17) is 9.47 Å². The third-order valence-corrected chi connectivity index (χ3v) is 3.27. The maximum atomic E-state index is 11.7. The molecular weight excluding hydrogens is 230 g/mol. The number of aromatic nitrogens is 1. The van der Waals surface area contributed by atoms with E-state index in [-0.39, 0.29) is 17.7 Å². The molecule has 1 aliphatic rings. The molecule has 4 heteroatoms. The monoisotopic (exact) mass is 251 g/mol. The molecule has 1 aliphatic heterocycles. The Hall–Kier alpha value is -1.29. The van der Waals surface area contributed by atoms with Gasteiger partial charge in [0.15, 0.2) is 0 Å². The van der Waals surface area contributed by atoms with Crippen molar-refractivity contribution in [3.8, 4) is 0 Å². The normalized spacial score (nSPS) is 22.1. The predicted octanol–water partition coefficient (Wildman–Crippen LogP) is 2.62. The highest BCUT2D eigenvalue weighted by Crippen LogP contribution is 2.30. The molecule has 0 aromatic carbocycles. The maximum absolute atomic E-state index is 11.7. The van der Waals surface area contributed by atoms with Crippen molar-refractivity contribution in [3.63, 3.8) is 0 Å². The summed E-state index contributed by atoms with van der Waals surface area (Å²) < 4.78 is 12.9. The summed E-state index contributed by atoms with van der Waals surface area (Å²) in [4.78, 5) is 11.7. The molecule has 0 aliphatic carbocycles. The van der Waals surface area contributed by atoms with Gasteiger partial charge in [0.1, 0.15) is 5.69 Å². The summed E-state index contributed by atoms with van der Waals surface area (Å²) >= 11 is 0. The molecule has 0 spiro atoms. The third kappa shape index (κ3) is 2.93. The molecule has 1 saturated heterocycles. The molecule has 100 valence electrons. The molecule has 0 radical (unpaired) electrons. The molecule has 1 fully saturated rings. The number of hydrogen-bond donors (Lipinski definition) is 0. The van der Waals surface area contributed by atoms with Crippen LogP contribution in [0.3, 0.4) is 0 Å². The Morgan fingerprint density at radius 2 is 2.39 bits per heavy atom. The molecule has 2 rings (SSSR count). The van der Waals surface area contributed by atoms with Crippen LogP contribution in [0, 0.1) is 0 Å². The van der Waals surface area contributed by atoms with Gasteiger partial charge in [-0.3, -0.25) is 0 Å². The minimum absolute atomic E-state index is 0.0398. The minimum atomic E-state index is -0.264. The van der Waals surface area contributed by atoms with E-state index in [1.807, 2.05) is 23.8 Å². The second kappa shape index (κ2) is 5.14. The third-order valence-electron chi connectivity index (χ3n) is 3.27. The van der Waals surface area contributed by atoms with Crippen LogP contribution >= 0.6 is 0 Å². The van der Waals surface area contributed by atoms with Crippen molar-refractivity contribution in [2.24, 2.45) is 0 Å². The van der Waals surface area contributed by atoms with Gasteiger partial charge in [-0.1, -0.05) is 0 Å². The average molecular weight is 251 g/mol. The molecule has 1 aromatic heterocycles. The number of carbonyl (C=O) groups is 1. The van der Waals surface area contributed by atoms with Crippen molar-refractivity contribution >= 4 is 5.97 Å². The summed E-state index contributed by atoms with van der Waals surface area (Å²) in [6.45, 7) is 7.14. The van der Waals surface area contributed by atoms with E-state index in [2.05, 4.69) is 13.8 Å². The number of esters is 1. The molecule has 0 saturated carbocycles. The van der Waals surface area contributed by atoms with Gasteiger partial charge in [0.25, 0.3) is 0 Å². The van der Waals surface area contributed by atoms with Crippen molar-refractivity contribution in [2.45, 2.75) is 51.9 Å². The van der Waals surface area contributed by atoms with Crippen LogP contribution in [-0.2, 0) is 16.0 Å². The van der Waals surface area contributed by atoms with Gasteiger partial charge in [-0.25, -0.2) is 4.79 Å². The lowest BCUT2D eigenvalue weighted by Gasteiger charge is -2.20. The van der Waals surface area contributed by atoms with Crippen LogP contribution in [0.15, 0.2) is 18.3 Å². The second-order valence-electron chi connectivity index (χ2n) is 5.30. The lowest BCUT2D eigenvalue weighted by atomic mass is 10.1. The summed E-state index contributed by atoms with van der Waals surface area (Å²) in [6.07, 6.45) is 4.18. The van der Waals surface area contributed by atoms with Crippen molar-refractivity contribution in [3.05, 3.63) is 24.0 Å². The summed E-state index contributed by atoms with van der Waals surface area (Å²) in [5, 5.41) is 0. The van der Waals surface area contributed by atoms with Crippen molar-refractivity contribution < 1.29 is 14.3 Å². The fraction of sp³-hybridized carbons (Fsp3) is 0.643. The number of ether oxygens (including phenoxy) is 2. The highest BCUT2D eigenvalue weighted by atomic mass is 16.5. The Bertz CT molecular complexity index is 422. The molecule has 1 aromatic rings. The van der Waals surface area contributed by atoms with Gasteiger partial charge in [0, 0.05) is 12.7 Å². The standard InChI is InChI=1S/C14H21NO3/c1-4-17-13(16)12-6-5-9-15(12)10-11-7-8-14(2,3)18-11/h5-6,9,11H,4,7-8,10H2,1-3H3. The van der Waals surface area contributed by atoms with Gasteiger partial charge in [0.05, 0.1) is 18.3 Å². The number of nitrogens with zero attached hydrogens (tertiary/aromatic N) is 1. The van der Waals surface area contributed by atoms with E-state index in [1.165, 1.54) is 0 Å². The number of rotatable bonds is 4. The fourth-order valence-electron chi connectivity index (χ4n) is 2.39. The maximum Gasteiger partial charge on any atom is 0.354 e. The number of carbonyl (C=O) groups excluding carboxylic acids is 1. The second-order valence-corrected chi connectivity index (χ2v) is 5.30. The lowest BCUT2D eigenvalue weighted by Crippen LogP contribution is -2.24. The summed E-state index contributed by atoms with van der Waals surface area (Å²) in [7, 11) is 0. The molecule has 4 nitrogen and oxygen atoms in total. The van der Waals surface area contributed by atoms with Gasteiger partial charge in [-0.15, -0.1) is 0 Å². The zero-order valence-electron chi connectivity index (χ0n) is 11.3. The number of hydrogen-bond acceptors (Lipinski definition) is 3.